The first-order valence-electron chi connectivity index (χ1n) is 7.63. The number of carboxylic acid groups (broad SMARTS) is 1. The largest absolute Gasteiger partial charge is 0.481 e. The number of benzene rings is 2. The van der Waals surface area contributed by atoms with Crippen LogP contribution in [0.3, 0.4) is 0 Å². The summed E-state index contributed by atoms with van der Waals surface area (Å²) in [6, 6.07) is 15.7. The lowest BCUT2D eigenvalue weighted by atomic mass is 9.54. The first-order chi connectivity index (χ1) is 11.1. The summed E-state index contributed by atoms with van der Waals surface area (Å²) in [5.74, 6) is -3.45. The lowest BCUT2D eigenvalue weighted by Gasteiger charge is -2.47. The predicted molar refractivity (Wildman–Crippen MR) is 83.2 cm³/mol. The molecule has 4 nitrogen and oxygen atoms in total. The van der Waals surface area contributed by atoms with E-state index in [1.807, 2.05) is 48.5 Å². The Morgan fingerprint density at radius 2 is 1.22 bits per heavy atom. The van der Waals surface area contributed by atoms with Gasteiger partial charge in [-0.15, -0.1) is 0 Å². The zero-order valence-electron chi connectivity index (χ0n) is 12.6. The number of hydrogen-bond donors (Lipinski definition) is 1. The zero-order valence-corrected chi connectivity index (χ0v) is 12.6. The molecule has 116 valence electrons. The van der Waals surface area contributed by atoms with E-state index in [1.165, 1.54) is 7.11 Å². The molecule has 0 spiro atoms. The van der Waals surface area contributed by atoms with Crippen LogP contribution in [0.4, 0.5) is 0 Å². The summed E-state index contributed by atoms with van der Waals surface area (Å²) in [4.78, 5) is 24.4. The fourth-order valence-corrected chi connectivity index (χ4v) is 4.39. The fraction of sp³-hybridized carbons (Fsp3) is 0.263. The van der Waals surface area contributed by atoms with Crippen molar-refractivity contribution in [3.05, 3.63) is 70.8 Å². The average molecular weight is 308 g/mol. The van der Waals surface area contributed by atoms with Crippen molar-refractivity contribution in [2.24, 2.45) is 11.8 Å². The first kappa shape index (κ1) is 14.0. The number of carboxylic acids is 1. The van der Waals surface area contributed by atoms with Crippen molar-refractivity contribution >= 4 is 11.9 Å². The van der Waals surface area contributed by atoms with Crippen LogP contribution < -0.4 is 0 Å². The Hall–Kier alpha value is -2.62. The Morgan fingerprint density at radius 1 is 0.826 bits per heavy atom. The number of carbonyl (C=O) groups is 2. The van der Waals surface area contributed by atoms with Crippen LogP contribution in [0, 0.1) is 11.8 Å². The SMILES string of the molecule is COC(=O)C1C(C(=O)O)[C@H]2c3ccccc3[C@@H]1c1ccccc12. The molecule has 2 aromatic rings. The van der Waals surface area contributed by atoms with Gasteiger partial charge in [-0.2, -0.15) is 0 Å². The molecule has 0 heterocycles. The van der Waals surface area contributed by atoms with Crippen molar-refractivity contribution in [1.29, 1.82) is 0 Å². The van der Waals surface area contributed by atoms with Gasteiger partial charge in [0.15, 0.2) is 0 Å². The second kappa shape index (κ2) is 4.95. The van der Waals surface area contributed by atoms with Gasteiger partial charge in [-0.25, -0.2) is 0 Å². The maximum absolute atomic E-state index is 12.4. The molecule has 0 aromatic heterocycles. The Labute approximate surface area is 133 Å². The van der Waals surface area contributed by atoms with Crippen LogP contribution in [0.2, 0.25) is 0 Å². The number of hydrogen-bond acceptors (Lipinski definition) is 3. The van der Waals surface area contributed by atoms with E-state index in [4.69, 9.17) is 4.74 Å². The first-order valence-corrected chi connectivity index (χ1v) is 7.63. The molecular weight excluding hydrogens is 292 g/mol. The van der Waals surface area contributed by atoms with Gasteiger partial charge in [-0.3, -0.25) is 9.59 Å². The van der Waals surface area contributed by atoms with Crippen molar-refractivity contribution in [1.82, 2.24) is 0 Å². The number of aliphatic carboxylic acids is 1. The number of rotatable bonds is 2. The Bertz CT molecular complexity index is 763. The van der Waals surface area contributed by atoms with Crippen molar-refractivity contribution < 1.29 is 19.4 Å². The van der Waals surface area contributed by atoms with Crippen LogP contribution in [0.1, 0.15) is 34.1 Å². The maximum Gasteiger partial charge on any atom is 0.310 e. The van der Waals surface area contributed by atoms with E-state index in [0.29, 0.717) is 0 Å². The highest BCUT2D eigenvalue weighted by molar-refractivity contribution is 5.87. The number of fused-ring (bicyclic) bond motifs is 1. The standard InChI is InChI=1S/C19H16O4/c1-23-19(22)17-15-12-8-4-2-6-10(12)14(16(17)18(20)21)11-7-3-5-9-13(11)15/h2-9,14-17H,1H3,(H,20,21)/t14-,15+,16?,17?. The second-order valence-corrected chi connectivity index (χ2v) is 6.13. The molecule has 2 unspecified atom stereocenters. The van der Waals surface area contributed by atoms with Gasteiger partial charge in [0.05, 0.1) is 18.9 Å². The minimum absolute atomic E-state index is 0.263. The number of methoxy groups -OCH3 is 1. The van der Waals surface area contributed by atoms with E-state index < -0.39 is 23.8 Å². The third kappa shape index (κ3) is 1.78. The van der Waals surface area contributed by atoms with Crippen LogP contribution in [-0.4, -0.2) is 24.2 Å². The van der Waals surface area contributed by atoms with E-state index in [1.54, 1.807) is 0 Å². The highest BCUT2D eigenvalue weighted by atomic mass is 16.5. The third-order valence-electron chi connectivity index (χ3n) is 5.20. The Kier molecular flexibility index (Phi) is 3.01. The second-order valence-electron chi connectivity index (χ2n) is 6.13. The lowest BCUT2D eigenvalue weighted by molar-refractivity contribution is -0.158. The van der Waals surface area contributed by atoms with Crippen molar-refractivity contribution in [2.45, 2.75) is 11.8 Å². The molecule has 4 heteroatoms. The number of ether oxygens (including phenoxy) is 1. The average Bonchev–Trinajstić information content (AvgIpc) is 2.60. The molecule has 3 aliphatic carbocycles. The summed E-state index contributed by atoms with van der Waals surface area (Å²) in [5.41, 5.74) is 4.13. The molecule has 1 N–H and O–H groups in total. The van der Waals surface area contributed by atoms with Gasteiger partial charge in [0, 0.05) is 11.8 Å². The molecule has 2 atom stereocenters. The van der Waals surface area contributed by atoms with Gasteiger partial charge < -0.3 is 9.84 Å². The minimum Gasteiger partial charge on any atom is -0.481 e. The minimum atomic E-state index is -0.945. The number of esters is 1. The summed E-state index contributed by atoms with van der Waals surface area (Å²) in [6.07, 6.45) is 0. The number of carbonyl (C=O) groups excluding carboxylic acids is 1. The summed E-state index contributed by atoms with van der Waals surface area (Å²) < 4.78 is 4.95. The molecule has 5 rings (SSSR count). The Balaban J connectivity index is 2.03. The molecule has 0 saturated carbocycles. The summed E-state index contributed by atoms with van der Waals surface area (Å²) in [7, 11) is 1.32. The molecule has 0 aliphatic heterocycles. The molecule has 3 aliphatic rings. The molecule has 0 saturated heterocycles. The van der Waals surface area contributed by atoms with Crippen molar-refractivity contribution in [3.8, 4) is 0 Å². The van der Waals surface area contributed by atoms with Crippen LogP contribution in [-0.2, 0) is 14.3 Å². The summed E-state index contributed by atoms with van der Waals surface area (Å²) in [5, 5.41) is 9.82. The van der Waals surface area contributed by atoms with Gasteiger partial charge in [-0.1, -0.05) is 48.5 Å². The zero-order chi connectivity index (χ0) is 16.1. The van der Waals surface area contributed by atoms with Crippen LogP contribution in [0.15, 0.2) is 48.5 Å². The van der Waals surface area contributed by atoms with Gasteiger partial charge in [0.1, 0.15) is 0 Å². The third-order valence-corrected chi connectivity index (χ3v) is 5.20. The van der Waals surface area contributed by atoms with Crippen LogP contribution in [0.5, 0.6) is 0 Å². The lowest BCUT2D eigenvalue weighted by Crippen LogP contribution is -2.47. The highest BCUT2D eigenvalue weighted by Gasteiger charge is 2.55. The van der Waals surface area contributed by atoms with Gasteiger partial charge in [-0.05, 0) is 22.3 Å². The van der Waals surface area contributed by atoms with Crippen molar-refractivity contribution in [3.63, 3.8) is 0 Å². The summed E-state index contributed by atoms with van der Waals surface area (Å²) in [6.45, 7) is 0. The summed E-state index contributed by atoms with van der Waals surface area (Å²) >= 11 is 0. The molecule has 0 fully saturated rings. The molecular formula is C19H16O4. The smallest absolute Gasteiger partial charge is 0.310 e. The van der Waals surface area contributed by atoms with E-state index in [0.717, 1.165) is 22.3 Å². The molecule has 23 heavy (non-hydrogen) atoms. The predicted octanol–water partition coefficient (Wildman–Crippen LogP) is 2.77. The monoisotopic (exact) mass is 308 g/mol. The molecule has 0 radical (unpaired) electrons. The normalized spacial score (nSPS) is 27.0. The highest BCUT2D eigenvalue weighted by Crippen LogP contribution is 2.58. The van der Waals surface area contributed by atoms with Gasteiger partial charge in [0.2, 0.25) is 0 Å². The van der Waals surface area contributed by atoms with E-state index in [2.05, 4.69) is 0 Å². The molecule has 2 aromatic carbocycles. The van der Waals surface area contributed by atoms with E-state index in [-0.39, 0.29) is 11.8 Å². The quantitative estimate of drug-likeness (QED) is 0.867. The van der Waals surface area contributed by atoms with Gasteiger partial charge >= 0.3 is 11.9 Å². The van der Waals surface area contributed by atoms with Crippen molar-refractivity contribution in [2.75, 3.05) is 7.11 Å². The molecule has 0 amide bonds. The Morgan fingerprint density at radius 3 is 1.57 bits per heavy atom. The van der Waals surface area contributed by atoms with Crippen LogP contribution in [0.25, 0.3) is 0 Å². The fourth-order valence-electron chi connectivity index (χ4n) is 4.39. The van der Waals surface area contributed by atoms with E-state index >= 15 is 0 Å². The van der Waals surface area contributed by atoms with Gasteiger partial charge in [0.25, 0.3) is 0 Å². The van der Waals surface area contributed by atoms with Crippen LogP contribution >= 0.6 is 0 Å². The maximum atomic E-state index is 12.4. The molecule has 2 bridgehead atoms. The topological polar surface area (TPSA) is 63.6 Å². The van der Waals surface area contributed by atoms with E-state index in [9.17, 15) is 14.7 Å².